The highest BCUT2D eigenvalue weighted by atomic mass is 16.6. The fourth-order valence-electron chi connectivity index (χ4n) is 0.930. The molecule has 0 aliphatic carbocycles. The molecule has 14 heavy (non-hydrogen) atoms. The van der Waals surface area contributed by atoms with Crippen LogP contribution in [0.4, 0.5) is 11.4 Å². The van der Waals surface area contributed by atoms with Gasteiger partial charge in [0.1, 0.15) is 12.4 Å². The minimum Gasteiger partial charge on any atom is -0.487 e. The number of hydrogen-bond acceptors (Lipinski definition) is 4. The van der Waals surface area contributed by atoms with Crippen LogP contribution in [0.15, 0.2) is 30.9 Å². The zero-order valence-corrected chi connectivity index (χ0v) is 7.47. The Morgan fingerprint density at radius 1 is 1.64 bits per heavy atom. The Morgan fingerprint density at radius 2 is 2.36 bits per heavy atom. The van der Waals surface area contributed by atoms with Crippen molar-refractivity contribution in [1.29, 1.82) is 0 Å². The molecular formula is C9H10N2O3. The molecular weight excluding hydrogens is 184 g/mol. The van der Waals surface area contributed by atoms with Crippen LogP contribution < -0.4 is 10.5 Å². The molecule has 0 aliphatic rings. The van der Waals surface area contributed by atoms with E-state index in [4.69, 9.17) is 10.5 Å². The lowest BCUT2D eigenvalue weighted by Crippen LogP contribution is -1.98. The average molecular weight is 194 g/mol. The van der Waals surface area contributed by atoms with Gasteiger partial charge in [-0.05, 0) is 6.07 Å². The van der Waals surface area contributed by atoms with E-state index in [1.165, 1.54) is 18.2 Å². The van der Waals surface area contributed by atoms with E-state index in [1.54, 1.807) is 6.08 Å². The summed E-state index contributed by atoms with van der Waals surface area (Å²) in [4.78, 5) is 9.87. The highest BCUT2D eigenvalue weighted by Gasteiger charge is 2.08. The van der Waals surface area contributed by atoms with Gasteiger partial charge in [-0.2, -0.15) is 0 Å². The first-order valence-electron chi connectivity index (χ1n) is 3.92. The van der Waals surface area contributed by atoms with Gasteiger partial charge in [0.15, 0.2) is 0 Å². The highest BCUT2D eigenvalue weighted by molar-refractivity contribution is 5.58. The molecule has 0 atom stereocenters. The van der Waals surface area contributed by atoms with Crippen molar-refractivity contribution in [3.8, 4) is 5.75 Å². The van der Waals surface area contributed by atoms with E-state index in [9.17, 15) is 10.1 Å². The summed E-state index contributed by atoms with van der Waals surface area (Å²) in [6.07, 6.45) is 1.57. The number of anilines is 1. The molecule has 0 spiro atoms. The van der Waals surface area contributed by atoms with Gasteiger partial charge < -0.3 is 10.5 Å². The van der Waals surface area contributed by atoms with Crippen LogP contribution in [0.25, 0.3) is 0 Å². The number of ether oxygens (including phenoxy) is 1. The topological polar surface area (TPSA) is 78.4 Å². The van der Waals surface area contributed by atoms with Crippen molar-refractivity contribution in [3.05, 3.63) is 41.0 Å². The first-order chi connectivity index (χ1) is 6.65. The number of nitrogen functional groups attached to an aromatic ring is 1. The van der Waals surface area contributed by atoms with Gasteiger partial charge in [-0.3, -0.25) is 10.1 Å². The van der Waals surface area contributed by atoms with E-state index in [-0.39, 0.29) is 11.4 Å². The average Bonchev–Trinajstić information content (AvgIpc) is 2.15. The molecule has 0 aliphatic heterocycles. The summed E-state index contributed by atoms with van der Waals surface area (Å²) in [6.45, 7) is 3.80. The van der Waals surface area contributed by atoms with Crippen molar-refractivity contribution in [3.63, 3.8) is 0 Å². The van der Waals surface area contributed by atoms with Crippen molar-refractivity contribution in [2.45, 2.75) is 0 Å². The lowest BCUT2D eigenvalue weighted by Gasteiger charge is -2.05. The summed E-state index contributed by atoms with van der Waals surface area (Å²) in [7, 11) is 0. The van der Waals surface area contributed by atoms with Gasteiger partial charge in [-0.15, -0.1) is 0 Å². The summed E-state index contributed by atoms with van der Waals surface area (Å²) >= 11 is 0. The molecule has 0 saturated carbocycles. The third-order valence-electron chi connectivity index (χ3n) is 1.56. The Labute approximate surface area is 80.9 Å². The molecule has 1 aromatic rings. The zero-order valence-electron chi connectivity index (χ0n) is 7.47. The number of hydrogen-bond donors (Lipinski definition) is 1. The maximum absolute atomic E-state index is 10.4. The molecule has 0 amide bonds. The maximum atomic E-state index is 10.4. The first-order valence-corrected chi connectivity index (χ1v) is 3.92. The summed E-state index contributed by atoms with van der Waals surface area (Å²) in [5, 5.41) is 10.4. The number of rotatable bonds is 4. The Morgan fingerprint density at radius 3 is 2.86 bits per heavy atom. The van der Waals surface area contributed by atoms with Gasteiger partial charge in [0.05, 0.1) is 10.6 Å². The van der Waals surface area contributed by atoms with Crippen LogP contribution in [0.2, 0.25) is 0 Å². The van der Waals surface area contributed by atoms with Gasteiger partial charge in [0.25, 0.3) is 5.69 Å². The third-order valence-corrected chi connectivity index (χ3v) is 1.56. The molecule has 0 aromatic heterocycles. The van der Waals surface area contributed by atoms with Crippen molar-refractivity contribution in [2.75, 3.05) is 12.3 Å². The van der Waals surface area contributed by atoms with Crippen LogP contribution >= 0.6 is 0 Å². The smallest absolute Gasteiger partial charge is 0.271 e. The van der Waals surface area contributed by atoms with Crippen LogP contribution in [0, 0.1) is 10.1 Å². The van der Waals surface area contributed by atoms with Crippen molar-refractivity contribution in [2.24, 2.45) is 0 Å². The predicted octanol–water partition coefficient (Wildman–Crippen LogP) is 1.74. The minimum absolute atomic E-state index is 0.0477. The van der Waals surface area contributed by atoms with Crippen LogP contribution in [0.3, 0.4) is 0 Å². The van der Waals surface area contributed by atoms with Crippen molar-refractivity contribution >= 4 is 11.4 Å². The third kappa shape index (κ3) is 2.22. The molecule has 2 N–H and O–H groups in total. The van der Waals surface area contributed by atoms with Crippen molar-refractivity contribution < 1.29 is 9.66 Å². The summed E-state index contributed by atoms with van der Waals surface area (Å²) in [5.41, 5.74) is 5.74. The summed E-state index contributed by atoms with van der Waals surface area (Å²) < 4.78 is 5.16. The molecule has 0 heterocycles. The fraction of sp³-hybridized carbons (Fsp3) is 0.111. The number of nitro groups is 1. The van der Waals surface area contributed by atoms with Crippen LogP contribution in [0.1, 0.15) is 0 Å². The van der Waals surface area contributed by atoms with Crippen LogP contribution in [-0.4, -0.2) is 11.5 Å². The number of nitro benzene ring substituents is 1. The molecule has 0 unspecified atom stereocenters. The molecule has 1 aromatic carbocycles. The van der Waals surface area contributed by atoms with E-state index in [0.29, 0.717) is 12.4 Å². The number of nitrogens with zero attached hydrogens (tertiary/aromatic N) is 1. The monoisotopic (exact) mass is 194 g/mol. The second kappa shape index (κ2) is 4.27. The second-order valence-electron chi connectivity index (χ2n) is 2.58. The van der Waals surface area contributed by atoms with E-state index in [1.807, 2.05) is 0 Å². The number of nitrogens with two attached hydrogens (primary N) is 1. The van der Waals surface area contributed by atoms with E-state index >= 15 is 0 Å². The van der Waals surface area contributed by atoms with Crippen molar-refractivity contribution in [1.82, 2.24) is 0 Å². The molecule has 74 valence electrons. The number of non-ortho nitro benzene ring substituents is 1. The van der Waals surface area contributed by atoms with E-state index in [0.717, 1.165) is 0 Å². The van der Waals surface area contributed by atoms with Gasteiger partial charge in [-0.1, -0.05) is 12.7 Å². The Hall–Kier alpha value is -2.04. The minimum atomic E-state index is -0.506. The molecule has 0 radical (unpaired) electrons. The first kappa shape index (κ1) is 10.0. The molecule has 0 saturated heterocycles. The summed E-state index contributed by atoms with van der Waals surface area (Å²) in [6, 6.07) is 4.07. The lowest BCUT2D eigenvalue weighted by molar-refractivity contribution is -0.384. The second-order valence-corrected chi connectivity index (χ2v) is 2.58. The normalized spacial score (nSPS) is 9.43. The van der Waals surface area contributed by atoms with Crippen LogP contribution in [-0.2, 0) is 0 Å². The maximum Gasteiger partial charge on any atom is 0.271 e. The number of benzene rings is 1. The standard InChI is InChI=1S/C9H10N2O3/c1-2-5-14-9-4-3-7(11(12)13)6-8(9)10/h2-4,6H,1,5,10H2. The SMILES string of the molecule is C=CCOc1ccc([N+](=O)[O-])cc1N. The lowest BCUT2D eigenvalue weighted by atomic mass is 10.2. The van der Waals surface area contributed by atoms with Crippen LogP contribution in [0.5, 0.6) is 5.75 Å². The zero-order chi connectivity index (χ0) is 10.6. The Bertz CT molecular complexity index is 363. The largest absolute Gasteiger partial charge is 0.487 e. The van der Waals surface area contributed by atoms with E-state index < -0.39 is 4.92 Å². The summed E-state index contributed by atoms with van der Waals surface area (Å²) in [5.74, 6) is 0.426. The molecule has 5 heteroatoms. The predicted molar refractivity (Wildman–Crippen MR) is 53.2 cm³/mol. The van der Waals surface area contributed by atoms with Gasteiger partial charge >= 0.3 is 0 Å². The molecule has 5 nitrogen and oxygen atoms in total. The highest BCUT2D eigenvalue weighted by Crippen LogP contribution is 2.25. The Kier molecular flexibility index (Phi) is 3.06. The van der Waals surface area contributed by atoms with Gasteiger partial charge in [0, 0.05) is 12.1 Å². The van der Waals surface area contributed by atoms with E-state index in [2.05, 4.69) is 6.58 Å². The molecule has 1 rings (SSSR count). The molecule has 0 fully saturated rings. The Balaban J connectivity index is 2.89. The molecule has 0 bridgehead atoms. The fourth-order valence-corrected chi connectivity index (χ4v) is 0.930. The van der Waals surface area contributed by atoms with Gasteiger partial charge in [0.2, 0.25) is 0 Å². The quantitative estimate of drug-likeness (QED) is 0.342. The van der Waals surface area contributed by atoms with Gasteiger partial charge in [-0.25, -0.2) is 0 Å².